The van der Waals surface area contributed by atoms with Crippen LogP contribution in [0.2, 0.25) is 0 Å². The van der Waals surface area contributed by atoms with Crippen molar-refractivity contribution in [3.63, 3.8) is 0 Å². The van der Waals surface area contributed by atoms with Crippen molar-refractivity contribution >= 4 is 34.5 Å². The SMILES string of the molecule is Cn1c2c(c3ccccc31)C(C(=O)NCc1ccccc1)N(C1CC1)C(=O)CS2. The van der Waals surface area contributed by atoms with Gasteiger partial charge in [-0.3, -0.25) is 9.59 Å². The van der Waals surface area contributed by atoms with Gasteiger partial charge in [0.1, 0.15) is 6.04 Å². The molecule has 1 aromatic heterocycles. The summed E-state index contributed by atoms with van der Waals surface area (Å²) in [6.45, 7) is 0.454. The van der Waals surface area contributed by atoms with Gasteiger partial charge in [0, 0.05) is 36.1 Å². The van der Waals surface area contributed by atoms with Crippen LogP contribution in [0.25, 0.3) is 10.9 Å². The summed E-state index contributed by atoms with van der Waals surface area (Å²) in [6, 6.07) is 17.6. The van der Waals surface area contributed by atoms with Crippen LogP contribution in [0.15, 0.2) is 59.6 Å². The van der Waals surface area contributed by atoms with E-state index in [2.05, 4.69) is 22.0 Å². The molecule has 2 amide bonds. The van der Waals surface area contributed by atoms with E-state index in [0.717, 1.165) is 39.9 Å². The summed E-state index contributed by atoms with van der Waals surface area (Å²) in [6.07, 6.45) is 1.94. The number of carbonyl (C=O) groups is 2. The molecule has 0 radical (unpaired) electrons. The second kappa shape index (κ2) is 7.26. The Morgan fingerprint density at radius 3 is 2.59 bits per heavy atom. The molecule has 148 valence electrons. The Hall–Kier alpha value is -2.73. The summed E-state index contributed by atoms with van der Waals surface area (Å²) < 4.78 is 2.12. The van der Waals surface area contributed by atoms with Crippen LogP contribution in [-0.2, 0) is 23.2 Å². The number of benzene rings is 2. The Morgan fingerprint density at radius 2 is 1.83 bits per heavy atom. The summed E-state index contributed by atoms with van der Waals surface area (Å²) in [4.78, 5) is 28.4. The molecule has 0 spiro atoms. The smallest absolute Gasteiger partial charge is 0.247 e. The van der Waals surface area contributed by atoms with E-state index in [-0.39, 0.29) is 17.9 Å². The Balaban J connectivity index is 1.59. The summed E-state index contributed by atoms with van der Waals surface area (Å²) in [5.74, 6) is 0.322. The number of aromatic nitrogens is 1. The zero-order valence-electron chi connectivity index (χ0n) is 16.3. The molecule has 1 aliphatic heterocycles. The normalized spacial score (nSPS) is 19.1. The van der Waals surface area contributed by atoms with E-state index in [0.29, 0.717) is 12.3 Å². The number of aryl methyl sites for hydroxylation is 1. The molecule has 3 aromatic rings. The van der Waals surface area contributed by atoms with Crippen molar-refractivity contribution in [2.24, 2.45) is 7.05 Å². The van der Waals surface area contributed by atoms with E-state index >= 15 is 0 Å². The van der Waals surface area contributed by atoms with Crippen LogP contribution in [0.1, 0.15) is 30.0 Å². The first-order valence-electron chi connectivity index (χ1n) is 9.98. The van der Waals surface area contributed by atoms with Crippen molar-refractivity contribution in [2.75, 3.05) is 5.75 Å². The van der Waals surface area contributed by atoms with Gasteiger partial charge in [-0.15, -0.1) is 0 Å². The third-order valence-corrected chi connectivity index (χ3v) is 6.92. The van der Waals surface area contributed by atoms with Gasteiger partial charge in [-0.1, -0.05) is 60.3 Å². The number of hydrogen-bond donors (Lipinski definition) is 1. The van der Waals surface area contributed by atoms with Crippen LogP contribution in [0, 0.1) is 0 Å². The standard InChI is InChI=1S/C23H23N3O2S/c1-25-18-10-6-5-9-17(18)20-21(22(28)24-13-15-7-3-2-4-8-15)26(16-11-12-16)19(27)14-29-23(20)25/h2-10,16,21H,11-14H2,1H3,(H,24,28). The Bertz CT molecular complexity index is 1090. The first-order chi connectivity index (χ1) is 14.1. The number of carbonyl (C=O) groups excluding carboxylic acids is 2. The molecule has 1 atom stereocenters. The molecule has 6 heteroatoms. The quantitative estimate of drug-likeness (QED) is 0.721. The Kier molecular flexibility index (Phi) is 4.59. The van der Waals surface area contributed by atoms with Gasteiger partial charge in [-0.25, -0.2) is 0 Å². The fourth-order valence-corrected chi connectivity index (χ4v) is 5.31. The molecule has 5 nitrogen and oxygen atoms in total. The lowest BCUT2D eigenvalue weighted by molar-refractivity contribution is -0.139. The fourth-order valence-electron chi connectivity index (χ4n) is 4.23. The second-order valence-corrected chi connectivity index (χ2v) is 8.69. The molecule has 29 heavy (non-hydrogen) atoms. The van der Waals surface area contributed by atoms with Crippen molar-refractivity contribution < 1.29 is 9.59 Å². The predicted molar refractivity (Wildman–Crippen MR) is 115 cm³/mol. The van der Waals surface area contributed by atoms with E-state index < -0.39 is 6.04 Å². The number of fused-ring (bicyclic) bond motifs is 3. The minimum absolute atomic E-state index is 0.0534. The van der Waals surface area contributed by atoms with E-state index in [1.165, 1.54) is 0 Å². The van der Waals surface area contributed by atoms with Gasteiger partial charge in [0.2, 0.25) is 11.8 Å². The minimum Gasteiger partial charge on any atom is -0.350 e. The molecule has 2 aromatic carbocycles. The molecule has 0 bridgehead atoms. The lowest BCUT2D eigenvalue weighted by Gasteiger charge is -2.29. The third kappa shape index (κ3) is 3.21. The highest BCUT2D eigenvalue weighted by Gasteiger charge is 2.45. The van der Waals surface area contributed by atoms with Gasteiger partial charge in [-0.05, 0) is 24.5 Å². The van der Waals surface area contributed by atoms with Gasteiger partial charge in [0.15, 0.2) is 0 Å². The zero-order chi connectivity index (χ0) is 20.0. The van der Waals surface area contributed by atoms with Crippen molar-refractivity contribution in [1.82, 2.24) is 14.8 Å². The first kappa shape index (κ1) is 18.3. The topological polar surface area (TPSA) is 54.3 Å². The lowest BCUT2D eigenvalue weighted by Crippen LogP contribution is -2.44. The maximum Gasteiger partial charge on any atom is 0.247 e. The van der Waals surface area contributed by atoms with Crippen LogP contribution in [-0.4, -0.2) is 33.1 Å². The largest absolute Gasteiger partial charge is 0.350 e. The number of amides is 2. The molecule has 1 N–H and O–H groups in total. The maximum atomic E-state index is 13.5. The molecular formula is C23H23N3O2S. The molecule has 2 heterocycles. The van der Waals surface area contributed by atoms with Crippen LogP contribution in [0.5, 0.6) is 0 Å². The van der Waals surface area contributed by atoms with Crippen LogP contribution >= 0.6 is 11.8 Å². The number of rotatable bonds is 4. The average Bonchev–Trinajstić information content (AvgIpc) is 3.56. The van der Waals surface area contributed by atoms with Crippen molar-refractivity contribution in [1.29, 1.82) is 0 Å². The Labute approximate surface area is 174 Å². The second-order valence-electron chi connectivity index (χ2n) is 7.72. The highest BCUT2D eigenvalue weighted by atomic mass is 32.2. The number of para-hydroxylation sites is 1. The van der Waals surface area contributed by atoms with Crippen molar-refractivity contribution in [2.45, 2.75) is 36.5 Å². The molecule has 0 saturated heterocycles. The van der Waals surface area contributed by atoms with Crippen molar-refractivity contribution in [3.05, 3.63) is 65.7 Å². The summed E-state index contributed by atoms with van der Waals surface area (Å²) in [5, 5.41) is 5.16. The lowest BCUT2D eigenvalue weighted by atomic mass is 10.0. The summed E-state index contributed by atoms with van der Waals surface area (Å²) in [7, 11) is 2.02. The van der Waals surface area contributed by atoms with Gasteiger partial charge in [-0.2, -0.15) is 0 Å². The number of nitrogens with zero attached hydrogens (tertiary/aromatic N) is 2. The fraction of sp³-hybridized carbons (Fsp3) is 0.304. The predicted octanol–water partition coefficient (Wildman–Crippen LogP) is 3.63. The molecule has 1 aliphatic carbocycles. The van der Waals surface area contributed by atoms with Crippen LogP contribution in [0.3, 0.4) is 0 Å². The molecule has 1 saturated carbocycles. The minimum atomic E-state index is -0.588. The van der Waals surface area contributed by atoms with Crippen LogP contribution in [0.4, 0.5) is 0 Å². The number of nitrogens with one attached hydrogen (secondary N) is 1. The van der Waals surface area contributed by atoms with Gasteiger partial charge in [0.05, 0.1) is 10.8 Å². The average molecular weight is 406 g/mol. The molecular weight excluding hydrogens is 382 g/mol. The first-order valence-corrected chi connectivity index (χ1v) is 11.0. The molecule has 1 fully saturated rings. The van der Waals surface area contributed by atoms with Crippen LogP contribution < -0.4 is 5.32 Å². The van der Waals surface area contributed by atoms with E-state index in [1.54, 1.807) is 11.8 Å². The number of thioether (sulfide) groups is 1. The number of hydrogen-bond acceptors (Lipinski definition) is 3. The summed E-state index contributed by atoms with van der Waals surface area (Å²) >= 11 is 1.55. The highest BCUT2D eigenvalue weighted by molar-refractivity contribution is 8.00. The van der Waals surface area contributed by atoms with Crippen molar-refractivity contribution in [3.8, 4) is 0 Å². The van der Waals surface area contributed by atoms with Gasteiger partial charge in [0.25, 0.3) is 0 Å². The van der Waals surface area contributed by atoms with Gasteiger partial charge < -0.3 is 14.8 Å². The zero-order valence-corrected chi connectivity index (χ0v) is 17.1. The monoisotopic (exact) mass is 405 g/mol. The van der Waals surface area contributed by atoms with Gasteiger partial charge >= 0.3 is 0 Å². The molecule has 5 rings (SSSR count). The highest BCUT2D eigenvalue weighted by Crippen LogP contribution is 2.45. The van der Waals surface area contributed by atoms with E-state index in [1.807, 2.05) is 54.4 Å². The molecule has 1 unspecified atom stereocenters. The maximum absolute atomic E-state index is 13.5. The summed E-state index contributed by atoms with van der Waals surface area (Å²) in [5.41, 5.74) is 3.11. The van der Waals surface area contributed by atoms with E-state index in [4.69, 9.17) is 0 Å². The Morgan fingerprint density at radius 1 is 1.10 bits per heavy atom. The third-order valence-electron chi connectivity index (χ3n) is 5.76. The van der Waals surface area contributed by atoms with E-state index in [9.17, 15) is 9.59 Å². The molecule has 2 aliphatic rings.